The number of ether oxygens (including phenoxy) is 1. The summed E-state index contributed by atoms with van der Waals surface area (Å²) in [6.45, 7) is 2.08. The number of allylic oxidation sites excluding steroid dienone is 1. The molecule has 0 aliphatic carbocycles. The third-order valence-electron chi connectivity index (χ3n) is 3.13. The SMILES string of the molecule is CCc1ccc(C(=O)/C=C/c2ccc(OC)c(CCl)c2)s1. The van der Waals surface area contributed by atoms with Crippen molar-refractivity contribution in [1.29, 1.82) is 0 Å². The fourth-order valence-corrected chi connectivity index (χ4v) is 3.04. The summed E-state index contributed by atoms with van der Waals surface area (Å²) < 4.78 is 5.23. The second-order valence-corrected chi connectivity index (χ2v) is 5.96. The lowest BCUT2D eigenvalue weighted by Crippen LogP contribution is -1.91. The van der Waals surface area contributed by atoms with Gasteiger partial charge in [-0.1, -0.05) is 19.1 Å². The fraction of sp³-hybridized carbons (Fsp3) is 0.235. The molecular formula is C17H17ClO2S. The van der Waals surface area contributed by atoms with E-state index in [1.807, 2.05) is 36.4 Å². The molecule has 0 amide bonds. The van der Waals surface area contributed by atoms with Crippen LogP contribution in [0.2, 0.25) is 0 Å². The van der Waals surface area contributed by atoms with Gasteiger partial charge in [0.25, 0.3) is 0 Å². The molecule has 2 aromatic rings. The van der Waals surface area contributed by atoms with Crippen LogP contribution in [0.5, 0.6) is 5.75 Å². The van der Waals surface area contributed by atoms with Crippen LogP contribution in [0.3, 0.4) is 0 Å². The number of rotatable bonds is 6. The molecule has 2 nitrogen and oxygen atoms in total. The zero-order valence-electron chi connectivity index (χ0n) is 12.1. The third-order valence-corrected chi connectivity index (χ3v) is 4.66. The zero-order chi connectivity index (χ0) is 15.2. The van der Waals surface area contributed by atoms with Crippen LogP contribution in [0.4, 0.5) is 0 Å². The Kier molecular flexibility index (Phi) is 5.59. The molecule has 0 N–H and O–H groups in total. The van der Waals surface area contributed by atoms with E-state index in [0.717, 1.165) is 28.2 Å². The summed E-state index contributed by atoms with van der Waals surface area (Å²) in [5.41, 5.74) is 1.85. The number of carbonyl (C=O) groups excluding carboxylic acids is 1. The molecule has 1 aromatic heterocycles. The summed E-state index contributed by atoms with van der Waals surface area (Å²) in [4.78, 5) is 14.1. The third kappa shape index (κ3) is 3.96. The number of alkyl halides is 1. The normalized spacial score (nSPS) is 11.0. The lowest BCUT2D eigenvalue weighted by Gasteiger charge is -2.06. The topological polar surface area (TPSA) is 26.3 Å². The maximum absolute atomic E-state index is 12.1. The van der Waals surface area contributed by atoms with E-state index in [9.17, 15) is 4.79 Å². The van der Waals surface area contributed by atoms with Gasteiger partial charge in [0.05, 0.1) is 17.9 Å². The number of ketones is 1. The van der Waals surface area contributed by atoms with E-state index in [4.69, 9.17) is 16.3 Å². The molecule has 0 bridgehead atoms. The summed E-state index contributed by atoms with van der Waals surface area (Å²) in [7, 11) is 1.62. The summed E-state index contributed by atoms with van der Waals surface area (Å²) in [6, 6.07) is 9.59. The van der Waals surface area contributed by atoms with Gasteiger partial charge < -0.3 is 4.74 Å². The van der Waals surface area contributed by atoms with E-state index in [-0.39, 0.29) is 5.78 Å². The first-order valence-electron chi connectivity index (χ1n) is 6.72. The van der Waals surface area contributed by atoms with Gasteiger partial charge in [-0.25, -0.2) is 0 Å². The van der Waals surface area contributed by atoms with Crippen molar-refractivity contribution >= 4 is 34.8 Å². The van der Waals surface area contributed by atoms with Gasteiger partial charge in [0.15, 0.2) is 5.78 Å². The van der Waals surface area contributed by atoms with Crippen molar-refractivity contribution in [2.45, 2.75) is 19.2 Å². The average Bonchev–Trinajstić information content (AvgIpc) is 3.01. The largest absolute Gasteiger partial charge is 0.496 e. The molecule has 0 spiro atoms. The number of aryl methyl sites for hydroxylation is 1. The number of hydrogen-bond acceptors (Lipinski definition) is 3. The van der Waals surface area contributed by atoms with Crippen LogP contribution in [0.1, 0.15) is 32.6 Å². The minimum absolute atomic E-state index is 0.0305. The van der Waals surface area contributed by atoms with Crippen LogP contribution >= 0.6 is 22.9 Å². The Labute approximate surface area is 134 Å². The van der Waals surface area contributed by atoms with Crippen molar-refractivity contribution in [3.05, 3.63) is 57.3 Å². The van der Waals surface area contributed by atoms with Gasteiger partial charge in [-0.15, -0.1) is 22.9 Å². The highest BCUT2D eigenvalue weighted by molar-refractivity contribution is 7.14. The number of carbonyl (C=O) groups is 1. The average molecular weight is 321 g/mol. The van der Waals surface area contributed by atoms with E-state index in [2.05, 4.69) is 6.92 Å². The Morgan fingerprint density at radius 1 is 1.33 bits per heavy atom. The van der Waals surface area contributed by atoms with Gasteiger partial charge in [-0.2, -0.15) is 0 Å². The molecule has 0 unspecified atom stereocenters. The van der Waals surface area contributed by atoms with E-state index in [1.54, 1.807) is 24.5 Å². The Balaban J connectivity index is 2.15. The Bertz CT molecular complexity index is 659. The van der Waals surface area contributed by atoms with Gasteiger partial charge in [0, 0.05) is 10.4 Å². The predicted molar refractivity (Wildman–Crippen MR) is 89.6 cm³/mol. The summed E-state index contributed by atoms with van der Waals surface area (Å²) in [5.74, 6) is 1.17. The number of methoxy groups -OCH3 is 1. The second-order valence-electron chi connectivity index (χ2n) is 4.52. The Morgan fingerprint density at radius 2 is 2.14 bits per heavy atom. The van der Waals surface area contributed by atoms with Crippen LogP contribution in [0.25, 0.3) is 6.08 Å². The minimum Gasteiger partial charge on any atom is -0.496 e. The first-order chi connectivity index (χ1) is 10.2. The van der Waals surface area contributed by atoms with Crippen molar-refractivity contribution in [1.82, 2.24) is 0 Å². The fourth-order valence-electron chi connectivity index (χ4n) is 1.96. The quantitative estimate of drug-likeness (QED) is 0.427. The lowest BCUT2D eigenvalue weighted by molar-refractivity contribution is 0.105. The van der Waals surface area contributed by atoms with Crippen LogP contribution in [-0.4, -0.2) is 12.9 Å². The highest BCUT2D eigenvalue weighted by atomic mass is 35.5. The predicted octanol–water partition coefficient (Wildman–Crippen LogP) is 4.95. The van der Waals surface area contributed by atoms with Crippen LogP contribution in [0.15, 0.2) is 36.4 Å². The molecule has 0 radical (unpaired) electrons. The molecule has 0 atom stereocenters. The zero-order valence-corrected chi connectivity index (χ0v) is 13.6. The van der Waals surface area contributed by atoms with Gasteiger partial charge in [0.2, 0.25) is 0 Å². The van der Waals surface area contributed by atoms with Crippen LogP contribution in [-0.2, 0) is 12.3 Å². The standard InChI is InChI=1S/C17H17ClO2S/c1-3-14-6-9-17(21-14)15(19)7-4-12-5-8-16(20-2)13(10-12)11-18/h4-10H,3,11H2,1-2H3/b7-4+. The van der Waals surface area contributed by atoms with Gasteiger partial charge >= 0.3 is 0 Å². The van der Waals surface area contributed by atoms with Gasteiger partial charge in [-0.05, 0) is 42.3 Å². The first kappa shape index (κ1) is 15.8. The number of thiophene rings is 1. The van der Waals surface area contributed by atoms with Crippen molar-refractivity contribution < 1.29 is 9.53 Å². The highest BCUT2D eigenvalue weighted by Gasteiger charge is 2.06. The van der Waals surface area contributed by atoms with Gasteiger partial charge in [-0.3, -0.25) is 4.79 Å². The number of halogens is 1. The molecule has 4 heteroatoms. The van der Waals surface area contributed by atoms with E-state index >= 15 is 0 Å². The molecule has 2 rings (SSSR count). The van der Waals surface area contributed by atoms with Gasteiger partial charge in [0.1, 0.15) is 5.75 Å². The van der Waals surface area contributed by atoms with Crippen LogP contribution < -0.4 is 4.74 Å². The maximum Gasteiger partial charge on any atom is 0.195 e. The van der Waals surface area contributed by atoms with E-state index in [1.165, 1.54) is 4.88 Å². The Hall–Kier alpha value is -1.58. The van der Waals surface area contributed by atoms with Crippen molar-refractivity contribution in [2.24, 2.45) is 0 Å². The molecule has 0 fully saturated rings. The summed E-state index contributed by atoms with van der Waals surface area (Å²) in [5, 5.41) is 0. The lowest BCUT2D eigenvalue weighted by atomic mass is 10.1. The number of benzene rings is 1. The first-order valence-corrected chi connectivity index (χ1v) is 8.07. The van der Waals surface area contributed by atoms with E-state index in [0.29, 0.717) is 5.88 Å². The molecule has 21 heavy (non-hydrogen) atoms. The molecule has 1 heterocycles. The summed E-state index contributed by atoms with van der Waals surface area (Å²) >= 11 is 7.44. The molecular weight excluding hydrogens is 304 g/mol. The second kappa shape index (κ2) is 7.43. The molecule has 0 saturated heterocycles. The molecule has 110 valence electrons. The molecule has 0 aliphatic rings. The van der Waals surface area contributed by atoms with E-state index < -0.39 is 0 Å². The monoisotopic (exact) mass is 320 g/mol. The summed E-state index contributed by atoms with van der Waals surface area (Å²) in [6.07, 6.45) is 4.37. The van der Waals surface area contributed by atoms with Crippen molar-refractivity contribution in [3.63, 3.8) is 0 Å². The number of hydrogen-bond donors (Lipinski definition) is 0. The smallest absolute Gasteiger partial charge is 0.195 e. The van der Waals surface area contributed by atoms with Crippen molar-refractivity contribution in [2.75, 3.05) is 7.11 Å². The van der Waals surface area contributed by atoms with Crippen molar-refractivity contribution in [3.8, 4) is 5.75 Å². The molecule has 1 aromatic carbocycles. The molecule has 0 saturated carbocycles. The Morgan fingerprint density at radius 3 is 2.76 bits per heavy atom. The minimum atomic E-state index is 0.0305. The maximum atomic E-state index is 12.1. The van der Waals surface area contributed by atoms with Crippen LogP contribution in [0, 0.1) is 0 Å². The molecule has 0 aliphatic heterocycles. The highest BCUT2D eigenvalue weighted by Crippen LogP contribution is 2.23.